The first kappa shape index (κ1) is 16.9. The third-order valence-corrected chi connectivity index (χ3v) is 4.47. The molecule has 1 amide bonds. The highest BCUT2D eigenvalue weighted by molar-refractivity contribution is 5.93. The molecule has 0 aliphatic heterocycles. The zero-order valence-corrected chi connectivity index (χ0v) is 15.2. The molecule has 2 aromatic heterocycles. The number of fused-ring (bicyclic) bond motifs is 1. The van der Waals surface area contributed by atoms with Gasteiger partial charge in [-0.05, 0) is 49.2 Å². The summed E-state index contributed by atoms with van der Waals surface area (Å²) in [5.74, 6) is 0.689. The molecule has 134 valence electrons. The lowest BCUT2D eigenvalue weighted by Gasteiger charge is -2.09. The molecule has 6 heteroatoms. The van der Waals surface area contributed by atoms with Gasteiger partial charge in [0.2, 0.25) is 5.91 Å². The molecule has 4 rings (SSSR count). The van der Waals surface area contributed by atoms with E-state index in [1.54, 1.807) is 4.52 Å². The van der Waals surface area contributed by atoms with E-state index < -0.39 is 0 Å². The number of rotatable bonds is 4. The highest BCUT2D eigenvalue weighted by Crippen LogP contribution is 2.21. The summed E-state index contributed by atoms with van der Waals surface area (Å²) in [6, 6.07) is 19.4. The second-order valence-electron chi connectivity index (χ2n) is 6.47. The van der Waals surface area contributed by atoms with Gasteiger partial charge in [-0.15, -0.1) is 10.2 Å². The SMILES string of the molecule is Cc1ccccc1CC(=O)Nc1cccc(-c2ccc3nnc(C)n3n2)c1. The largest absolute Gasteiger partial charge is 0.326 e. The van der Waals surface area contributed by atoms with Gasteiger partial charge in [0.05, 0.1) is 12.1 Å². The summed E-state index contributed by atoms with van der Waals surface area (Å²) in [4.78, 5) is 12.4. The van der Waals surface area contributed by atoms with Crippen LogP contribution in [0, 0.1) is 13.8 Å². The van der Waals surface area contributed by atoms with Crippen LogP contribution in [0.4, 0.5) is 5.69 Å². The van der Waals surface area contributed by atoms with E-state index in [1.807, 2.05) is 74.5 Å². The molecular weight excluding hydrogens is 338 g/mol. The van der Waals surface area contributed by atoms with Crippen LogP contribution in [0.25, 0.3) is 16.9 Å². The van der Waals surface area contributed by atoms with E-state index in [4.69, 9.17) is 0 Å². The maximum Gasteiger partial charge on any atom is 0.228 e. The van der Waals surface area contributed by atoms with Crippen LogP contribution in [-0.4, -0.2) is 25.7 Å². The summed E-state index contributed by atoms with van der Waals surface area (Å²) >= 11 is 0. The predicted octanol–water partition coefficient (Wildman–Crippen LogP) is 3.59. The molecule has 0 unspecified atom stereocenters. The fourth-order valence-corrected chi connectivity index (χ4v) is 2.99. The van der Waals surface area contributed by atoms with Crippen molar-refractivity contribution in [2.45, 2.75) is 20.3 Å². The summed E-state index contributed by atoms with van der Waals surface area (Å²) in [7, 11) is 0. The molecule has 27 heavy (non-hydrogen) atoms. The zero-order valence-electron chi connectivity index (χ0n) is 15.2. The molecule has 2 aromatic carbocycles. The average Bonchev–Trinajstić information content (AvgIpc) is 3.04. The standard InChI is InChI=1S/C21H19N5O/c1-14-6-3-4-7-16(14)13-21(27)22-18-9-5-8-17(12-18)19-10-11-20-24-23-15(2)26(20)25-19/h3-12H,13H2,1-2H3,(H,22,27). The molecular formula is C21H19N5O. The lowest BCUT2D eigenvalue weighted by Crippen LogP contribution is -2.15. The summed E-state index contributed by atoms with van der Waals surface area (Å²) in [5.41, 5.74) is 5.30. The van der Waals surface area contributed by atoms with E-state index in [2.05, 4.69) is 20.6 Å². The Morgan fingerprint density at radius 1 is 1.00 bits per heavy atom. The van der Waals surface area contributed by atoms with Gasteiger partial charge in [-0.3, -0.25) is 4.79 Å². The number of carbonyl (C=O) groups excluding carboxylic acids is 1. The van der Waals surface area contributed by atoms with Crippen LogP contribution in [0.2, 0.25) is 0 Å². The Bertz CT molecular complexity index is 1130. The molecule has 0 fully saturated rings. The first-order valence-electron chi connectivity index (χ1n) is 8.74. The van der Waals surface area contributed by atoms with Gasteiger partial charge in [-0.2, -0.15) is 9.61 Å². The third kappa shape index (κ3) is 3.55. The quantitative estimate of drug-likeness (QED) is 0.606. The van der Waals surface area contributed by atoms with Crippen molar-refractivity contribution in [1.82, 2.24) is 19.8 Å². The smallest absolute Gasteiger partial charge is 0.228 e. The van der Waals surface area contributed by atoms with Crippen LogP contribution >= 0.6 is 0 Å². The van der Waals surface area contributed by atoms with E-state index in [0.717, 1.165) is 33.9 Å². The highest BCUT2D eigenvalue weighted by Gasteiger charge is 2.09. The predicted molar refractivity (Wildman–Crippen MR) is 104 cm³/mol. The molecule has 0 atom stereocenters. The molecule has 0 saturated heterocycles. The summed E-state index contributed by atoms with van der Waals surface area (Å²) in [6.45, 7) is 3.87. The van der Waals surface area contributed by atoms with Gasteiger partial charge < -0.3 is 5.32 Å². The molecule has 1 N–H and O–H groups in total. The maximum atomic E-state index is 12.4. The highest BCUT2D eigenvalue weighted by atomic mass is 16.1. The Balaban J connectivity index is 1.55. The van der Waals surface area contributed by atoms with Crippen LogP contribution in [0.15, 0.2) is 60.7 Å². The van der Waals surface area contributed by atoms with Gasteiger partial charge in [0, 0.05) is 11.3 Å². The van der Waals surface area contributed by atoms with Crippen LogP contribution < -0.4 is 5.32 Å². The topological polar surface area (TPSA) is 72.2 Å². The number of hydrogen-bond donors (Lipinski definition) is 1. The number of amides is 1. The van der Waals surface area contributed by atoms with Crippen molar-refractivity contribution in [2.24, 2.45) is 0 Å². The molecule has 0 aliphatic carbocycles. The number of hydrogen-bond acceptors (Lipinski definition) is 4. The third-order valence-electron chi connectivity index (χ3n) is 4.47. The van der Waals surface area contributed by atoms with E-state index in [0.29, 0.717) is 12.1 Å². The second-order valence-corrected chi connectivity index (χ2v) is 6.47. The van der Waals surface area contributed by atoms with Crippen molar-refractivity contribution in [3.05, 3.63) is 77.6 Å². The van der Waals surface area contributed by atoms with Crippen LogP contribution in [0.3, 0.4) is 0 Å². The van der Waals surface area contributed by atoms with Gasteiger partial charge in [0.15, 0.2) is 11.5 Å². The van der Waals surface area contributed by atoms with E-state index >= 15 is 0 Å². The van der Waals surface area contributed by atoms with Crippen LogP contribution in [0.5, 0.6) is 0 Å². The maximum absolute atomic E-state index is 12.4. The Labute approximate surface area is 156 Å². The molecule has 2 heterocycles. The molecule has 0 aliphatic rings. The molecule has 0 saturated carbocycles. The number of nitrogens with zero attached hydrogens (tertiary/aromatic N) is 4. The minimum atomic E-state index is -0.0421. The molecule has 0 radical (unpaired) electrons. The molecule has 0 bridgehead atoms. The van der Waals surface area contributed by atoms with Crippen LogP contribution in [0.1, 0.15) is 17.0 Å². The number of aryl methyl sites for hydroxylation is 2. The van der Waals surface area contributed by atoms with Gasteiger partial charge in [0.25, 0.3) is 0 Å². The van der Waals surface area contributed by atoms with Gasteiger partial charge in [-0.25, -0.2) is 0 Å². The van der Waals surface area contributed by atoms with Crippen molar-refractivity contribution in [2.75, 3.05) is 5.32 Å². The Morgan fingerprint density at radius 2 is 1.85 bits per heavy atom. The minimum absolute atomic E-state index is 0.0421. The van der Waals surface area contributed by atoms with E-state index in [-0.39, 0.29) is 5.91 Å². The number of anilines is 1. The van der Waals surface area contributed by atoms with E-state index in [9.17, 15) is 4.79 Å². The van der Waals surface area contributed by atoms with Gasteiger partial charge in [-0.1, -0.05) is 36.4 Å². The van der Waals surface area contributed by atoms with Crippen molar-refractivity contribution in [3.63, 3.8) is 0 Å². The fraction of sp³-hybridized carbons (Fsp3) is 0.143. The molecule has 6 nitrogen and oxygen atoms in total. The van der Waals surface area contributed by atoms with Crippen molar-refractivity contribution >= 4 is 17.2 Å². The molecule has 4 aromatic rings. The lowest BCUT2D eigenvalue weighted by atomic mass is 10.1. The van der Waals surface area contributed by atoms with Crippen molar-refractivity contribution in [1.29, 1.82) is 0 Å². The monoisotopic (exact) mass is 357 g/mol. The fourth-order valence-electron chi connectivity index (χ4n) is 2.99. The first-order valence-corrected chi connectivity index (χ1v) is 8.74. The number of nitrogens with one attached hydrogen (secondary N) is 1. The minimum Gasteiger partial charge on any atom is -0.326 e. The zero-order chi connectivity index (χ0) is 18.8. The summed E-state index contributed by atoms with van der Waals surface area (Å²) < 4.78 is 1.71. The number of aromatic nitrogens is 4. The Hall–Kier alpha value is -3.54. The Morgan fingerprint density at radius 3 is 2.70 bits per heavy atom. The van der Waals surface area contributed by atoms with Gasteiger partial charge in [0.1, 0.15) is 0 Å². The Kier molecular flexibility index (Phi) is 4.38. The van der Waals surface area contributed by atoms with Gasteiger partial charge >= 0.3 is 0 Å². The van der Waals surface area contributed by atoms with Crippen molar-refractivity contribution < 1.29 is 4.79 Å². The average molecular weight is 357 g/mol. The van der Waals surface area contributed by atoms with Crippen LogP contribution in [-0.2, 0) is 11.2 Å². The van der Waals surface area contributed by atoms with E-state index in [1.165, 1.54) is 0 Å². The summed E-state index contributed by atoms with van der Waals surface area (Å²) in [5, 5.41) is 15.6. The number of carbonyl (C=O) groups is 1. The molecule has 0 spiro atoms. The van der Waals surface area contributed by atoms with Crippen molar-refractivity contribution in [3.8, 4) is 11.3 Å². The lowest BCUT2D eigenvalue weighted by molar-refractivity contribution is -0.115. The summed E-state index contributed by atoms with van der Waals surface area (Å²) in [6.07, 6.45) is 0.348. The number of benzene rings is 2. The normalized spacial score (nSPS) is 10.9. The second kappa shape index (κ2) is 6.99. The first-order chi connectivity index (χ1) is 13.1.